The summed E-state index contributed by atoms with van der Waals surface area (Å²) in [6.07, 6.45) is 1.50. The molecule has 0 aliphatic carbocycles. The lowest BCUT2D eigenvalue weighted by atomic mass is 10.2. The number of nitrogens with zero attached hydrogens (tertiary/aromatic N) is 1. The van der Waals surface area contributed by atoms with Gasteiger partial charge in [0.1, 0.15) is 17.8 Å². The van der Waals surface area contributed by atoms with Crippen molar-refractivity contribution in [1.82, 2.24) is 4.98 Å². The second kappa shape index (κ2) is 6.26. The zero-order valence-electron chi connectivity index (χ0n) is 12.5. The van der Waals surface area contributed by atoms with Gasteiger partial charge in [-0.15, -0.1) is 0 Å². The standard InChI is InChI=1S/C16H12ClFN2O3S/c1-10-19-16(9-23-10)11-2-5-13(6-3-11)24(21,22)20-12-4-7-15(18)14(17)8-12/h2-9,20H,1H3. The Morgan fingerprint density at radius 3 is 2.46 bits per heavy atom. The molecule has 0 unspecified atom stereocenters. The van der Waals surface area contributed by atoms with Crippen molar-refractivity contribution in [2.24, 2.45) is 0 Å². The van der Waals surface area contributed by atoms with Gasteiger partial charge >= 0.3 is 0 Å². The third-order valence-electron chi connectivity index (χ3n) is 3.25. The molecule has 3 aromatic rings. The zero-order valence-corrected chi connectivity index (χ0v) is 14.0. The predicted octanol–water partition coefficient (Wildman–Crippen LogP) is 4.24. The number of benzene rings is 2. The highest BCUT2D eigenvalue weighted by Gasteiger charge is 2.15. The number of hydrogen-bond acceptors (Lipinski definition) is 4. The van der Waals surface area contributed by atoms with Crippen molar-refractivity contribution in [3.63, 3.8) is 0 Å². The molecule has 124 valence electrons. The molecule has 0 saturated heterocycles. The molecule has 1 heterocycles. The minimum absolute atomic E-state index is 0.0620. The fourth-order valence-electron chi connectivity index (χ4n) is 2.07. The maximum atomic E-state index is 13.1. The molecule has 0 amide bonds. The minimum Gasteiger partial charge on any atom is -0.449 e. The number of aromatic nitrogens is 1. The summed E-state index contributed by atoms with van der Waals surface area (Å²) in [4.78, 5) is 4.24. The summed E-state index contributed by atoms with van der Waals surface area (Å²) >= 11 is 5.65. The zero-order chi connectivity index (χ0) is 17.3. The van der Waals surface area contributed by atoms with Crippen LogP contribution in [0, 0.1) is 12.7 Å². The number of aryl methyl sites for hydroxylation is 1. The minimum atomic E-state index is -3.81. The Hall–Kier alpha value is -2.38. The molecule has 24 heavy (non-hydrogen) atoms. The fraction of sp³-hybridized carbons (Fsp3) is 0.0625. The van der Waals surface area contributed by atoms with E-state index in [0.29, 0.717) is 11.6 Å². The number of nitrogens with one attached hydrogen (secondary N) is 1. The second-order valence-corrected chi connectivity index (χ2v) is 7.10. The molecule has 0 spiro atoms. The van der Waals surface area contributed by atoms with E-state index in [1.54, 1.807) is 19.1 Å². The van der Waals surface area contributed by atoms with Crippen LogP contribution in [0.25, 0.3) is 11.3 Å². The van der Waals surface area contributed by atoms with Gasteiger partial charge in [0.15, 0.2) is 5.89 Å². The van der Waals surface area contributed by atoms with E-state index in [4.69, 9.17) is 16.0 Å². The SMILES string of the molecule is Cc1nc(-c2ccc(S(=O)(=O)Nc3ccc(F)c(Cl)c3)cc2)co1. The Labute approximate surface area is 143 Å². The van der Waals surface area contributed by atoms with Crippen LogP contribution in [-0.4, -0.2) is 13.4 Å². The first-order chi connectivity index (χ1) is 11.3. The van der Waals surface area contributed by atoms with Crippen molar-refractivity contribution in [3.05, 3.63) is 65.5 Å². The van der Waals surface area contributed by atoms with E-state index in [1.165, 1.54) is 30.5 Å². The molecular formula is C16H12ClFN2O3S. The number of anilines is 1. The normalized spacial score (nSPS) is 11.5. The highest BCUT2D eigenvalue weighted by atomic mass is 35.5. The summed E-state index contributed by atoms with van der Waals surface area (Å²) in [6, 6.07) is 9.76. The van der Waals surface area contributed by atoms with Gasteiger partial charge in [-0.2, -0.15) is 0 Å². The first kappa shape index (κ1) is 16.5. The summed E-state index contributed by atoms with van der Waals surface area (Å²) in [6.45, 7) is 1.72. The third kappa shape index (κ3) is 3.42. The molecule has 5 nitrogen and oxygen atoms in total. The van der Waals surface area contributed by atoms with Crippen molar-refractivity contribution in [2.75, 3.05) is 4.72 Å². The van der Waals surface area contributed by atoms with Gasteiger partial charge in [-0.05, 0) is 30.3 Å². The van der Waals surface area contributed by atoms with Crippen LogP contribution in [0.1, 0.15) is 5.89 Å². The lowest BCUT2D eigenvalue weighted by molar-refractivity contribution is 0.521. The van der Waals surface area contributed by atoms with E-state index in [-0.39, 0.29) is 15.6 Å². The molecule has 8 heteroatoms. The second-order valence-electron chi connectivity index (χ2n) is 5.01. The third-order valence-corrected chi connectivity index (χ3v) is 4.94. The molecule has 0 aliphatic rings. The topological polar surface area (TPSA) is 72.2 Å². The average Bonchev–Trinajstić information content (AvgIpc) is 2.97. The highest BCUT2D eigenvalue weighted by molar-refractivity contribution is 7.92. The first-order valence-electron chi connectivity index (χ1n) is 6.85. The molecule has 0 aliphatic heterocycles. The van der Waals surface area contributed by atoms with Crippen LogP contribution in [0.15, 0.2) is 58.0 Å². The van der Waals surface area contributed by atoms with Crippen LogP contribution in [0.2, 0.25) is 5.02 Å². The Bertz CT molecular complexity index is 985. The van der Waals surface area contributed by atoms with Crippen molar-refractivity contribution in [1.29, 1.82) is 0 Å². The van der Waals surface area contributed by atoms with E-state index in [9.17, 15) is 12.8 Å². The van der Waals surface area contributed by atoms with Crippen LogP contribution >= 0.6 is 11.6 Å². The monoisotopic (exact) mass is 366 g/mol. The van der Waals surface area contributed by atoms with Gasteiger partial charge in [-0.1, -0.05) is 23.7 Å². The van der Waals surface area contributed by atoms with Crippen LogP contribution in [0.4, 0.5) is 10.1 Å². The van der Waals surface area contributed by atoms with Crippen LogP contribution in [-0.2, 0) is 10.0 Å². The van der Waals surface area contributed by atoms with Crippen molar-refractivity contribution in [3.8, 4) is 11.3 Å². The van der Waals surface area contributed by atoms with Gasteiger partial charge in [-0.25, -0.2) is 17.8 Å². The van der Waals surface area contributed by atoms with Crippen molar-refractivity contribution < 1.29 is 17.2 Å². The molecule has 0 saturated carbocycles. The van der Waals surface area contributed by atoms with Gasteiger partial charge in [0.25, 0.3) is 10.0 Å². The van der Waals surface area contributed by atoms with Gasteiger partial charge in [0, 0.05) is 12.5 Å². The van der Waals surface area contributed by atoms with Crippen LogP contribution in [0.5, 0.6) is 0 Å². The summed E-state index contributed by atoms with van der Waals surface area (Å²) in [5.41, 5.74) is 1.53. The number of oxazole rings is 1. The van der Waals surface area contributed by atoms with E-state index in [2.05, 4.69) is 9.71 Å². The molecule has 3 rings (SSSR count). The largest absolute Gasteiger partial charge is 0.449 e. The summed E-state index contributed by atoms with van der Waals surface area (Å²) in [5.74, 6) is -0.0940. The molecule has 0 atom stereocenters. The van der Waals surface area contributed by atoms with Gasteiger partial charge in [0.05, 0.1) is 15.6 Å². The Balaban J connectivity index is 1.85. The number of halogens is 2. The first-order valence-corrected chi connectivity index (χ1v) is 8.72. The number of sulfonamides is 1. The molecule has 0 bridgehead atoms. The van der Waals surface area contributed by atoms with E-state index in [0.717, 1.165) is 11.6 Å². The Morgan fingerprint density at radius 2 is 1.88 bits per heavy atom. The summed E-state index contributed by atoms with van der Waals surface area (Å²) < 4.78 is 45.4. The Morgan fingerprint density at radius 1 is 1.17 bits per heavy atom. The van der Waals surface area contributed by atoms with E-state index in [1.807, 2.05) is 0 Å². The average molecular weight is 367 g/mol. The van der Waals surface area contributed by atoms with Gasteiger partial charge in [-0.3, -0.25) is 4.72 Å². The number of hydrogen-bond donors (Lipinski definition) is 1. The van der Waals surface area contributed by atoms with Crippen LogP contribution in [0.3, 0.4) is 0 Å². The molecule has 0 fully saturated rings. The maximum absolute atomic E-state index is 13.1. The molecule has 1 aromatic heterocycles. The summed E-state index contributed by atoms with van der Waals surface area (Å²) in [5, 5.41) is -0.160. The summed E-state index contributed by atoms with van der Waals surface area (Å²) in [7, 11) is -3.81. The van der Waals surface area contributed by atoms with Crippen molar-refractivity contribution >= 4 is 27.3 Å². The van der Waals surface area contributed by atoms with Crippen molar-refractivity contribution in [2.45, 2.75) is 11.8 Å². The van der Waals surface area contributed by atoms with Gasteiger partial charge < -0.3 is 4.42 Å². The molecular weight excluding hydrogens is 355 g/mol. The lowest BCUT2D eigenvalue weighted by Crippen LogP contribution is -2.12. The maximum Gasteiger partial charge on any atom is 0.261 e. The quantitative estimate of drug-likeness (QED) is 0.749. The van der Waals surface area contributed by atoms with E-state index < -0.39 is 15.8 Å². The van der Waals surface area contributed by atoms with E-state index >= 15 is 0 Å². The smallest absolute Gasteiger partial charge is 0.261 e. The van der Waals surface area contributed by atoms with Gasteiger partial charge in [0.2, 0.25) is 0 Å². The predicted molar refractivity (Wildman–Crippen MR) is 88.9 cm³/mol. The number of rotatable bonds is 4. The van der Waals surface area contributed by atoms with Crippen LogP contribution < -0.4 is 4.72 Å². The highest BCUT2D eigenvalue weighted by Crippen LogP contribution is 2.24. The Kier molecular flexibility index (Phi) is 4.29. The molecule has 2 aromatic carbocycles. The molecule has 0 radical (unpaired) electrons. The molecule has 1 N–H and O–H groups in total. The lowest BCUT2D eigenvalue weighted by Gasteiger charge is -2.09. The fourth-order valence-corrected chi connectivity index (χ4v) is 3.30.